The van der Waals surface area contributed by atoms with E-state index in [9.17, 15) is 4.79 Å². The van der Waals surface area contributed by atoms with Crippen LogP contribution >= 0.6 is 0 Å². The second-order valence-electron chi connectivity index (χ2n) is 10.1. The van der Waals surface area contributed by atoms with Gasteiger partial charge in [0.15, 0.2) is 0 Å². The molecule has 4 heteroatoms. The van der Waals surface area contributed by atoms with E-state index in [1.165, 1.54) is 44.1 Å². The summed E-state index contributed by atoms with van der Waals surface area (Å²) in [6, 6.07) is 16.9. The van der Waals surface area contributed by atoms with E-state index in [1.807, 2.05) is 6.07 Å². The molecule has 2 aliphatic carbocycles. The zero-order valence-electron chi connectivity index (χ0n) is 19.9. The molecular formula is C29H37N3O. The molecule has 2 saturated carbocycles. The van der Waals surface area contributed by atoms with Gasteiger partial charge in [-0.3, -0.25) is 4.79 Å². The number of carbonyl (C=O) groups is 1. The Kier molecular flexibility index (Phi) is 6.27. The Labute approximate surface area is 197 Å². The first-order valence-corrected chi connectivity index (χ1v) is 13.0. The summed E-state index contributed by atoms with van der Waals surface area (Å²) in [7, 11) is 0. The van der Waals surface area contributed by atoms with Crippen LogP contribution in [0.1, 0.15) is 76.7 Å². The molecule has 5 rings (SSSR count). The van der Waals surface area contributed by atoms with Crippen molar-refractivity contribution in [2.45, 2.75) is 83.1 Å². The predicted octanol–water partition coefficient (Wildman–Crippen LogP) is 6.61. The first-order chi connectivity index (χ1) is 16.2. The van der Waals surface area contributed by atoms with Crippen molar-refractivity contribution in [1.29, 1.82) is 0 Å². The van der Waals surface area contributed by atoms with Crippen LogP contribution in [0, 0.1) is 11.8 Å². The van der Waals surface area contributed by atoms with Crippen LogP contribution in [0.5, 0.6) is 0 Å². The van der Waals surface area contributed by atoms with Gasteiger partial charge < -0.3 is 10.3 Å². The van der Waals surface area contributed by atoms with Crippen LogP contribution in [0.4, 0.5) is 0 Å². The van der Waals surface area contributed by atoms with Crippen molar-refractivity contribution in [3.05, 3.63) is 54.1 Å². The van der Waals surface area contributed by atoms with Crippen molar-refractivity contribution in [3.63, 3.8) is 0 Å². The summed E-state index contributed by atoms with van der Waals surface area (Å²) < 4.78 is 2.34. The van der Waals surface area contributed by atoms with Crippen molar-refractivity contribution in [3.8, 4) is 11.4 Å². The van der Waals surface area contributed by atoms with Crippen molar-refractivity contribution in [2.75, 3.05) is 0 Å². The Hall–Kier alpha value is -2.62. The molecule has 0 spiro atoms. The summed E-state index contributed by atoms with van der Waals surface area (Å²) in [6.45, 7) is 2.19. The minimum atomic E-state index is -0.729. The van der Waals surface area contributed by atoms with Gasteiger partial charge >= 0.3 is 0 Å². The van der Waals surface area contributed by atoms with E-state index in [2.05, 4.69) is 54.0 Å². The number of para-hydroxylation sites is 2. The van der Waals surface area contributed by atoms with E-state index < -0.39 is 5.54 Å². The van der Waals surface area contributed by atoms with E-state index in [0.717, 1.165) is 54.5 Å². The molecule has 174 valence electrons. The van der Waals surface area contributed by atoms with Crippen LogP contribution in [0.2, 0.25) is 0 Å². The van der Waals surface area contributed by atoms with Gasteiger partial charge in [-0.15, -0.1) is 0 Å². The molecule has 2 aromatic carbocycles. The zero-order chi connectivity index (χ0) is 22.8. The molecule has 1 amide bonds. The molecule has 0 atom stereocenters. The van der Waals surface area contributed by atoms with E-state index in [0.29, 0.717) is 0 Å². The molecule has 4 nitrogen and oxygen atoms in total. The van der Waals surface area contributed by atoms with Crippen LogP contribution in [0.15, 0.2) is 48.5 Å². The van der Waals surface area contributed by atoms with E-state index in [4.69, 9.17) is 10.7 Å². The topological polar surface area (TPSA) is 60.9 Å². The van der Waals surface area contributed by atoms with Crippen molar-refractivity contribution in [1.82, 2.24) is 9.55 Å². The van der Waals surface area contributed by atoms with E-state index >= 15 is 0 Å². The molecule has 33 heavy (non-hydrogen) atoms. The van der Waals surface area contributed by atoms with E-state index in [1.54, 1.807) is 0 Å². The fourth-order valence-electron chi connectivity index (χ4n) is 6.92. The molecule has 2 fully saturated rings. The molecule has 0 unspecified atom stereocenters. The number of hydrogen-bond donors (Lipinski definition) is 1. The Morgan fingerprint density at radius 1 is 0.909 bits per heavy atom. The second-order valence-corrected chi connectivity index (χ2v) is 10.1. The quantitative estimate of drug-likeness (QED) is 0.466. The predicted molar refractivity (Wildman–Crippen MR) is 135 cm³/mol. The number of rotatable bonds is 6. The Balaban J connectivity index is 1.85. The van der Waals surface area contributed by atoms with Gasteiger partial charge in [0.2, 0.25) is 5.91 Å². The average Bonchev–Trinajstić information content (AvgIpc) is 3.25. The second kappa shape index (κ2) is 9.32. The highest BCUT2D eigenvalue weighted by Gasteiger charge is 2.53. The van der Waals surface area contributed by atoms with Crippen molar-refractivity contribution < 1.29 is 4.79 Å². The number of amides is 1. The van der Waals surface area contributed by atoms with Crippen LogP contribution < -0.4 is 5.73 Å². The number of nitrogens with zero attached hydrogens (tertiary/aromatic N) is 2. The van der Waals surface area contributed by atoms with Gasteiger partial charge in [-0.25, -0.2) is 4.98 Å². The van der Waals surface area contributed by atoms with Crippen LogP contribution in [-0.2, 0) is 16.8 Å². The summed E-state index contributed by atoms with van der Waals surface area (Å²) in [4.78, 5) is 19.1. The third-order valence-electron chi connectivity index (χ3n) is 8.42. The largest absolute Gasteiger partial charge is 0.368 e. The van der Waals surface area contributed by atoms with Gasteiger partial charge in [0, 0.05) is 5.56 Å². The molecular weight excluding hydrogens is 406 g/mol. The SMILES string of the molecule is CCc1ccccc1-c1nc2ccccc2n1C(C(N)=O)(C1CCCCC1)C1CCCCC1. The summed E-state index contributed by atoms with van der Waals surface area (Å²) in [5.74, 6) is 1.29. The number of aromatic nitrogens is 2. The summed E-state index contributed by atoms with van der Waals surface area (Å²) in [6.07, 6.45) is 12.4. The maximum absolute atomic E-state index is 13.9. The molecule has 0 radical (unpaired) electrons. The molecule has 2 N–H and O–H groups in total. The lowest BCUT2D eigenvalue weighted by atomic mass is 9.63. The number of hydrogen-bond acceptors (Lipinski definition) is 2. The van der Waals surface area contributed by atoms with Crippen molar-refractivity contribution >= 4 is 16.9 Å². The minimum Gasteiger partial charge on any atom is -0.368 e. The first kappa shape index (κ1) is 22.2. The number of imidazole rings is 1. The van der Waals surface area contributed by atoms with Gasteiger partial charge in [-0.1, -0.05) is 81.8 Å². The Bertz CT molecular complexity index is 1100. The minimum absolute atomic E-state index is 0.153. The Morgan fingerprint density at radius 2 is 1.48 bits per heavy atom. The Morgan fingerprint density at radius 3 is 2.09 bits per heavy atom. The molecule has 1 heterocycles. The maximum atomic E-state index is 13.9. The lowest BCUT2D eigenvalue weighted by Gasteiger charge is -2.48. The smallest absolute Gasteiger partial charge is 0.244 e. The number of carbonyl (C=O) groups excluding carboxylic acids is 1. The summed E-state index contributed by atoms with van der Waals surface area (Å²) >= 11 is 0. The highest BCUT2D eigenvalue weighted by atomic mass is 16.1. The number of fused-ring (bicyclic) bond motifs is 1. The normalized spacial score (nSPS) is 18.6. The standard InChI is InChI=1S/C29H37N3O/c1-2-21-13-9-10-18-24(21)27-31-25-19-11-12-20-26(25)32(27)29(28(30)33,22-14-5-3-6-15-22)23-16-7-4-8-17-23/h9-13,18-20,22-23H,2-8,14-17H2,1H3,(H2,30,33). The fourth-order valence-corrected chi connectivity index (χ4v) is 6.92. The van der Waals surface area contributed by atoms with Gasteiger partial charge in [-0.2, -0.15) is 0 Å². The number of primary amides is 1. The number of nitrogens with two attached hydrogens (primary N) is 1. The van der Waals surface area contributed by atoms with Crippen LogP contribution in [0.3, 0.4) is 0 Å². The summed E-state index contributed by atoms with van der Waals surface area (Å²) in [5.41, 5.74) is 10.2. The van der Waals surface area contributed by atoms with Crippen molar-refractivity contribution in [2.24, 2.45) is 17.6 Å². The highest BCUT2D eigenvalue weighted by Crippen LogP contribution is 2.50. The van der Waals surface area contributed by atoms with Gasteiger partial charge in [0.1, 0.15) is 11.4 Å². The lowest BCUT2D eigenvalue weighted by Crippen LogP contribution is -2.58. The van der Waals surface area contributed by atoms with Gasteiger partial charge in [0.05, 0.1) is 11.0 Å². The molecule has 0 saturated heterocycles. The lowest BCUT2D eigenvalue weighted by molar-refractivity contribution is -0.135. The molecule has 1 aromatic heterocycles. The zero-order valence-corrected chi connectivity index (χ0v) is 19.9. The first-order valence-electron chi connectivity index (χ1n) is 13.0. The highest BCUT2D eigenvalue weighted by molar-refractivity contribution is 5.90. The monoisotopic (exact) mass is 443 g/mol. The van der Waals surface area contributed by atoms with Gasteiger partial charge in [-0.05, 0) is 61.6 Å². The molecule has 3 aromatic rings. The molecule has 0 aliphatic heterocycles. The number of benzene rings is 2. The van der Waals surface area contributed by atoms with Crippen LogP contribution in [-0.4, -0.2) is 15.5 Å². The third kappa shape index (κ3) is 3.68. The summed E-state index contributed by atoms with van der Waals surface area (Å²) in [5, 5.41) is 0. The maximum Gasteiger partial charge on any atom is 0.244 e. The molecule has 0 bridgehead atoms. The fraction of sp³-hybridized carbons (Fsp3) is 0.517. The average molecular weight is 444 g/mol. The van der Waals surface area contributed by atoms with E-state index in [-0.39, 0.29) is 17.7 Å². The molecule has 2 aliphatic rings. The third-order valence-corrected chi connectivity index (χ3v) is 8.42. The number of aryl methyl sites for hydroxylation is 1. The van der Waals surface area contributed by atoms with Gasteiger partial charge in [0.25, 0.3) is 0 Å². The van der Waals surface area contributed by atoms with Crippen LogP contribution in [0.25, 0.3) is 22.4 Å².